The van der Waals surface area contributed by atoms with E-state index < -0.39 is 0 Å². The average molecular weight is 493 g/mol. The van der Waals surface area contributed by atoms with Crippen LogP contribution < -0.4 is 5.56 Å². The number of hydrogen-bond donors (Lipinski definition) is 1. The smallest absolute Gasteiger partial charge is 0.265 e. The van der Waals surface area contributed by atoms with Crippen LogP contribution in [0.25, 0.3) is 5.70 Å². The van der Waals surface area contributed by atoms with Crippen molar-refractivity contribution in [1.29, 1.82) is 0 Å². The van der Waals surface area contributed by atoms with Gasteiger partial charge in [0.15, 0.2) is 0 Å². The predicted octanol–water partition coefficient (Wildman–Crippen LogP) is 4.55. The molecule has 3 rings (SSSR count). The highest BCUT2D eigenvalue weighted by molar-refractivity contribution is 5.55. The number of benzene rings is 1. The van der Waals surface area contributed by atoms with Crippen molar-refractivity contribution in [3.05, 3.63) is 93.5 Å². The summed E-state index contributed by atoms with van der Waals surface area (Å²) in [6, 6.07) is 9.82. The molecule has 0 fully saturated rings. The molecular weight excluding hydrogens is 456 g/mol. The molecular formula is C28H36N4O4. The Labute approximate surface area is 212 Å². The summed E-state index contributed by atoms with van der Waals surface area (Å²) < 4.78 is 14.5. The summed E-state index contributed by atoms with van der Waals surface area (Å²) in [5.41, 5.74) is 2.47. The van der Waals surface area contributed by atoms with Crippen LogP contribution in [0.4, 0.5) is 0 Å². The van der Waals surface area contributed by atoms with Crippen LogP contribution in [0, 0.1) is 0 Å². The molecule has 1 aromatic carbocycles. The van der Waals surface area contributed by atoms with Gasteiger partial charge in [-0.1, -0.05) is 50.6 Å². The van der Waals surface area contributed by atoms with Crippen LogP contribution >= 0.6 is 0 Å². The SMILES string of the molecule is CC/C=C\C(OC)=C(/COC)n1c(CCCC)nc(O)c(Cc2ccc(Cn3cccn3)cc2)c1=O. The van der Waals surface area contributed by atoms with Crippen LogP contribution in [0.15, 0.2) is 65.4 Å². The summed E-state index contributed by atoms with van der Waals surface area (Å²) in [6.45, 7) is 4.92. The first-order valence-electron chi connectivity index (χ1n) is 12.3. The van der Waals surface area contributed by atoms with Crippen molar-refractivity contribution in [1.82, 2.24) is 19.3 Å². The zero-order valence-electron chi connectivity index (χ0n) is 21.6. The lowest BCUT2D eigenvalue weighted by molar-refractivity contribution is 0.227. The van der Waals surface area contributed by atoms with E-state index in [0.717, 1.165) is 30.4 Å². The molecule has 8 heteroatoms. The maximum Gasteiger partial charge on any atom is 0.265 e. The number of aromatic nitrogens is 4. The van der Waals surface area contributed by atoms with E-state index in [-0.39, 0.29) is 30.0 Å². The third-order valence-electron chi connectivity index (χ3n) is 5.85. The van der Waals surface area contributed by atoms with Gasteiger partial charge in [-0.2, -0.15) is 10.1 Å². The van der Waals surface area contributed by atoms with Gasteiger partial charge in [-0.25, -0.2) is 0 Å². The van der Waals surface area contributed by atoms with Crippen LogP contribution in [0.1, 0.15) is 55.6 Å². The van der Waals surface area contributed by atoms with E-state index in [1.54, 1.807) is 25.0 Å². The van der Waals surface area contributed by atoms with E-state index in [1.165, 1.54) is 0 Å². The van der Waals surface area contributed by atoms with E-state index in [4.69, 9.17) is 9.47 Å². The van der Waals surface area contributed by atoms with Crippen LogP contribution in [0.5, 0.6) is 5.88 Å². The molecule has 0 aliphatic carbocycles. The first-order chi connectivity index (χ1) is 17.5. The van der Waals surface area contributed by atoms with Gasteiger partial charge in [-0.05, 0) is 36.1 Å². The Hall–Kier alpha value is -3.65. The summed E-state index contributed by atoms with van der Waals surface area (Å²) in [6.07, 6.45) is 10.8. The van der Waals surface area contributed by atoms with Gasteiger partial charge in [0.2, 0.25) is 5.88 Å². The minimum atomic E-state index is -0.319. The lowest BCUT2D eigenvalue weighted by Crippen LogP contribution is -2.30. The quantitative estimate of drug-likeness (QED) is 0.278. The van der Waals surface area contributed by atoms with E-state index in [2.05, 4.69) is 17.0 Å². The van der Waals surface area contributed by atoms with Crippen LogP contribution in [-0.4, -0.2) is 45.3 Å². The summed E-state index contributed by atoms with van der Waals surface area (Å²) >= 11 is 0. The summed E-state index contributed by atoms with van der Waals surface area (Å²) in [5.74, 6) is 0.784. The van der Waals surface area contributed by atoms with E-state index in [1.807, 2.05) is 60.3 Å². The zero-order chi connectivity index (χ0) is 25.9. The summed E-state index contributed by atoms with van der Waals surface area (Å²) in [7, 11) is 3.15. The normalized spacial score (nSPS) is 12.2. The summed E-state index contributed by atoms with van der Waals surface area (Å²) in [5, 5.41) is 15.0. The molecule has 0 radical (unpaired) electrons. The number of aryl methyl sites for hydroxylation is 1. The Morgan fingerprint density at radius 2 is 1.89 bits per heavy atom. The van der Waals surface area contributed by atoms with Crippen LogP contribution in [-0.2, 0) is 28.9 Å². The van der Waals surface area contributed by atoms with Crippen LogP contribution in [0.3, 0.4) is 0 Å². The zero-order valence-corrected chi connectivity index (χ0v) is 21.6. The van der Waals surface area contributed by atoms with Gasteiger partial charge in [0.1, 0.15) is 11.6 Å². The predicted molar refractivity (Wildman–Crippen MR) is 141 cm³/mol. The van der Waals surface area contributed by atoms with Gasteiger partial charge in [0, 0.05) is 32.3 Å². The first kappa shape index (κ1) is 26.9. The van der Waals surface area contributed by atoms with Crippen LogP contribution in [0.2, 0.25) is 0 Å². The molecule has 1 N–H and O–H groups in total. The first-order valence-corrected chi connectivity index (χ1v) is 12.3. The molecule has 0 aliphatic heterocycles. The molecule has 8 nitrogen and oxygen atoms in total. The highest BCUT2D eigenvalue weighted by Crippen LogP contribution is 2.22. The fraction of sp³-hybridized carbons (Fsp3) is 0.393. The standard InChI is InChI=1S/C28H36N4O4/c1-5-7-10-25(36-4)24(20-35-3)32-26(11-8-6-2)30-27(33)23(28(32)34)18-21-12-14-22(15-13-21)19-31-17-9-16-29-31/h7,9-10,12-17,33H,5-6,8,11,18-20H2,1-4H3/b10-7-,25-24-. The maximum atomic E-state index is 13.8. The molecule has 192 valence electrons. The van der Waals surface area contributed by atoms with E-state index in [9.17, 15) is 9.90 Å². The number of rotatable bonds is 13. The second-order valence-corrected chi connectivity index (χ2v) is 8.53. The molecule has 36 heavy (non-hydrogen) atoms. The minimum absolute atomic E-state index is 0.157. The molecule has 0 unspecified atom stereocenters. The average Bonchev–Trinajstić information content (AvgIpc) is 3.39. The fourth-order valence-corrected chi connectivity index (χ4v) is 3.96. The second-order valence-electron chi connectivity index (χ2n) is 8.53. The maximum absolute atomic E-state index is 13.8. The number of allylic oxidation sites excluding steroid dienone is 2. The Kier molecular flexibility index (Phi) is 10.1. The van der Waals surface area contributed by atoms with Gasteiger partial charge in [-0.15, -0.1) is 0 Å². The number of nitrogens with zero attached hydrogens (tertiary/aromatic N) is 4. The molecule has 0 atom stereocenters. The number of methoxy groups -OCH3 is 2. The number of ether oxygens (including phenoxy) is 2. The number of aromatic hydroxyl groups is 1. The van der Waals surface area contributed by atoms with Gasteiger partial charge >= 0.3 is 0 Å². The number of hydrogen-bond acceptors (Lipinski definition) is 6. The molecule has 3 aromatic rings. The highest BCUT2D eigenvalue weighted by atomic mass is 16.5. The minimum Gasteiger partial charge on any atom is -0.495 e. The van der Waals surface area contributed by atoms with E-state index >= 15 is 0 Å². The fourth-order valence-electron chi connectivity index (χ4n) is 3.96. The van der Waals surface area contributed by atoms with Crippen molar-refractivity contribution in [2.24, 2.45) is 0 Å². The van der Waals surface area contributed by atoms with Gasteiger partial charge in [-0.3, -0.25) is 14.0 Å². The molecule has 0 aliphatic rings. The van der Waals surface area contributed by atoms with Crippen molar-refractivity contribution < 1.29 is 14.6 Å². The molecule has 0 bridgehead atoms. The highest BCUT2D eigenvalue weighted by Gasteiger charge is 2.21. The third kappa shape index (κ3) is 6.73. The Morgan fingerprint density at radius 3 is 2.50 bits per heavy atom. The Morgan fingerprint density at radius 1 is 1.14 bits per heavy atom. The molecule has 2 aromatic heterocycles. The lowest BCUT2D eigenvalue weighted by atomic mass is 10.0. The van der Waals surface area contributed by atoms with Crippen molar-refractivity contribution in [2.45, 2.75) is 52.5 Å². The topological polar surface area (TPSA) is 91.4 Å². The molecule has 2 heterocycles. The van der Waals surface area contributed by atoms with Crippen molar-refractivity contribution in [2.75, 3.05) is 20.8 Å². The summed E-state index contributed by atoms with van der Waals surface area (Å²) in [4.78, 5) is 18.3. The molecule has 0 saturated carbocycles. The van der Waals surface area contributed by atoms with Gasteiger partial charge < -0.3 is 14.6 Å². The van der Waals surface area contributed by atoms with Gasteiger partial charge in [0.25, 0.3) is 5.56 Å². The second kappa shape index (κ2) is 13.4. The molecule has 0 spiro atoms. The Bertz CT molecular complexity index is 1230. The van der Waals surface area contributed by atoms with Crippen molar-refractivity contribution in [3.63, 3.8) is 0 Å². The molecule has 0 saturated heterocycles. The van der Waals surface area contributed by atoms with E-state index in [0.29, 0.717) is 30.2 Å². The van der Waals surface area contributed by atoms with Gasteiger partial charge in [0.05, 0.1) is 31.5 Å². The largest absolute Gasteiger partial charge is 0.495 e. The Balaban J connectivity index is 2.05. The monoisotopic (exact) mass is 492 g/mol. The number of unbranched alkanes of at least 4 members (excludes halogenated alkanes) is 1. The van der Waals surface area contributed by atoms with Crippen molar-refractivity contribution >= 4 is 5.70 Å². The molecule has 0 amide bonds. The third-order valence-corrected chi connectivity index (χ3v) is 5.85. The van der Waals surface area contributed by atoms with Crippen molar-refractivity contribution in [3.8, 4) is 5.88 Å². The lowest BCUT2D eigenvalue weighted by Gasteiger charge is -2.19.